The summed E-state index contributed by atoms with van der Waals surface area (Å²) >= 11 is 4.79. The Bertz CT molecular complexity index is 456. The highest BCUT2D eigenvalue weighted by molar-refractivity contribution is 9.10. The predicted molar refractivity (Wildman–Crippen MR) is 78.1 cm³/mol. The third-order valence-electron chi connectivity index (χ3n) is 2.28. The summed E-state index contributed by atoms with van der Waals surface area (Å²) < 4.78 is 0.823. The Balaban J connectivity index is 2.55. The van der Waals surface area contributed by atoms with Crippen molar-refractivity contribution in [1.82, 2.24) is 5.32 Å². The first-order valence-electron chi connectivity index (χ1n) is 5.56. The molecule has 0 radical (unpaired) electrons. The van der Waals surface area contributed by atoms with Crippen molar-refractivity contribution in [3.05, 3.63) is 28.7 Å². The molecule has 0 saturated carbocycles. The maximum atomic E-state index is 11.7. The van der Waals surface area contributed by atoms with Crippen LogP contribution in [0.5, 0.6) is 0 Å². The van der Waals surface area contributed by atoms with Crippen molar-refractivity contribution in [3.8, 4) is 0 Å². The van der Waals surface area contributed by atoms with E-state index >= 15 is 0 Å². The number of urea groups is 1. The third kappa shape index (κ3) is 5.98. The van der Waals surface area contributed by atoms with E-state index in [4.69, 9.17) is 0 Å². The van der Waals surface area contributed by atoms with Crippen LogP contribution >= 0.6 is 27.7 Å². The fourth-order valence-electron chi connectivity index (χ4n) is 1.38. The van der Waals surface area contributed by atoms with E-state index in [1.165, 1.54) is 11.8 Å². The first-order chi connectivity index (χ1) is 9.02. The van der Waals surface area contributed by atoms with Crippen molar-refractivity contribution in [2.75, 3.05) is 17.3 Å². The summed E-state index contributed by atoms with van der Waals surface area (Å²) in [6, 6.07) is 5.47. The van der Waals surface area contributed by atoms with Gasteiger partial charge in [0.1, 0.15) is 0 Å². The lowest BCUT2D eigenvalue weighted by Crippen LogP contribution is -2.49. The number of carbonyl (C=O) groups is 2. The number of nitrogens with one attached hydrogen (secondary N) is 2. The molecule has 0 aliphatic heterocycles. The third-order valence-corrected chi connectivity index (χ3v) is 3.42. The van der Waals surface area contributed by atoms with E-state index < -0.39 is 18.0 Å². The van der Waals surface area contributed by atoms with Crippen LogP contribution in [0, 0.1) is 0 Å². The summed E-state index contributed by atoms with van der Waals surface area (Å²) in [4.78, 5) is 22.5. The first-order valence-corrected chi connectivity index (χ1v) is 7.74. The standard InChI is InChI=1S/C12H15BrN2O3S/c1-19-6-5-10(11(16)17)15-12(18)14-9-4-2-3-8(13)7-9/h2-4,7,10H,5-6H2,1H3,(H,16,17)(H2,14,15,18)/p-1/t10-/m0/s1. The molecule has 7 heteroatoms. The Labute approximate surface area is 124 Å². The average Bonchev–Trinajstić information content (AvgIpc) is 2.34. The minimum Gasteiger partial charge on any atom is -0.548 e. The molecule has 0 saturated heterocycles. The summed E-state index contributed by atoms with van der Waals surface area (Å²) in [7, 11) is 0. The van der Waals surface area contributed by atoms with Crippen molar-refractivity contribution in [3.63, 3.8) is 0 Å². The van der Waals surface area contributed by atoms with Crippen LogP contribution in [0.2, 0.25) is 0 Å². The molecule has 1 atom stereocenters. The maximum Gasteiger partial charge on any atom is 0.319 e. The fourth-order valence-corrected chi connectivity index (χ4v) is 2.25. The van der Waals surface area contributed by atoms with Crippen LogP contribution < -0.4 is 15.7 Å². The Kier molecular flexibility index (Phi) is 6.72. The first kappa shape index (κ1) is 15.8. The van der Waals surface area contributed by atoms with Crippen molar-refractivity contribution >= 4 is 45.4 Å². The molecular formula is C12H14BrN2O3S-. The molecule has 104 valence electrons. The number of carboxylic acids is 1. The van der Waals surface area contributed by atoms with Crippen molar-refractivity contribution in [1.29, 1.82) is 0 Å². The van der Waals surface area contributed by atoms with Gasteiger partial charge in [0.2, 0.25) is 0 Å². The normalized spacial score (nSPS) is 11.7. The van der Waals surface area contributed by atoms with E-state index in [1.807, 2.05) is 12.3 Å². The van der Waals surface area contributed by atoms with Gasteiger partial charge >= 0.3 is 6.03 Å². The van der Waals surface area contributed by atoms with Crippen molar-refractivity contribution in [2.24, 2.45) is 0 Å². The molecule has 0 spiro atoms. The lowest BCUT2D eigenvalue weighted by atomic mass is 10.2. The van der Waals surface area contributed by atoms with Crippen LogP contribution in [0.1, 0.15) is 6.42 Å². The average molecular weight is 346 g/mol. The van der Waals surface area contributed by atoms with Gasteiger partial charge < -0.3 is 20.5 Å². The monoisotopic (exact) mass is 345 g/mol. The van der Waals surface area contributed by atoms with E-state index in [0.717, 1.165) is 4.47 Å². The minimum atomic E-state index is -1.28. The molecule has 0 aliphatic rings. The second-order valence-electron chi connectivity index (χ2n) is 3.76. The molecule has 0 heterocycles. The van der Waals surface area contributed by atoms with Crippen LogP contribution in [0.3, 0.4) is 0 Å². The second-order valence-corrected chi connectivity index (χ2v) is 5.66. The van der Waals surface area contributed by atoms with Gasteiger partial charge in [-0.05, 0) is 36.6 Å². The van der Waals surface area contributed by atoms with Crippen LogP contribution in [0.4, 0.5) is 10.5 Å². The largest absolute Gasteiger partial charge is 0.548 e. The van der Waals surface area contributed by atoms with Gasteiger partial charge in [-0.25, -0.2) is 4.79 Å². The van der Waals surface area contributed by atoms with Gasteiger partial charge in [-0.3, -0.25) is 0 Å². The van der Waals surface area contributed by atoms with Gasteiger partial charge in [-0.1, -0.05) is 22.0 Å². The molecule has 0 aromatic heterocycles. The number of carbonyl (C=O) groups excluding carboxylic acids is 2. The maximum absolute atomic E-state index is 11.7. The zero-order valence-corrected chi connectivity index (χ0v) is 12.7. The summed E-state index contributed by atoms with van der Waals surface area (Å²) in [6.07, 6.45) is 2.20. The number of aliphatic carboxylic acids is 1. The molecule has 2 amide bonds. The Morgan fingerprint density at radius 2 is 2.21 bits per heavy atom. The number of halogens is 1. The molecule has 1 aromatic carbocycles. The van der Waals surface area contributed by atoms with Gasteiger partial charge in [0, 0.05) is 10.2 Å². The Morgan fingerprint density at radius 1 is 1.47 bits per heavy atom. The quantitative estimate of drug-likeness (QED) is 0.817. The molecule has 0 unspecified atom stereocenters. The number of thioether (sulfide) groups is 1. The van der Waals surface area contributed by atoms with Gasteiger partial charge in [0.15, 0.2) is 0 Å². The summed E-state index contributed by atoms with van der Waals surface area (Å²) in [5.74, 6) is -0.644. The van der Waals surface area contributed by atoms with Gasteiger partial charge in [-0.15, -0.1) is 0 Å². The van der Waals surface area contributed by atoms with E-state index in [1.54, 1.807) is 18.2 Å². The number of anilines is 1. The molecular weight excluding hydrogens is 332 g/mol. The minimum absolute atomic E-state index is 0.329. The molecule has 19 heavy (non-hydrogen) atoms. The van der Waals surface area contributed by atoms with Crippen LogP contribution in [0.25, 0.3) is 0 Å². The van der Waals surface area contributed by atoms with Gasteiger partial charge in [0.25, 0.3) is 0 Å². The highest BCUT2D eigenvalue weighted by Crippen LogP contribution is 2.15. The van der Waals surface area contributed by atoms with Crippen molar-refractivity contribution in [2.45, 2.75) is 12.5 Å². The Morgan fingerprint density at radius 3 is 2.79 bits per heavy atom. The second kappa shape index (κ2) is 8.06. The van der Waals surface area contributed by atoms with Crippen LogP contribution in [0.15, 0.2) is 28.7 Å². The number of hydrogen-bond acceptors (Lipinski definition) is 4. The fraction of sp³-hybridized carbons (Fsp3) is 0.333. The molecule has 1 rings (SSSR count). The predicted octanol–water partition coefficient (Wildman–Crippen LogP) is 1.44. The van der Waals surface area contributed by atoms with E-state index in [9.17, 15) is 14.7 Å². The molecule has 0 aliphatic carbocycles. The topological polar surface area (TPSA) is 81.3 Å². The van der Waals surface area contributed by atoms with Crippen LogP contribution in [-0.2, 0) is 4.79 Å². The lowest BCUT2D eigenvalue weighted by molar-refractivity contribution is -0.308. The Hall–Kier alpha value is -1.21. The van der Waals surface area contributed by atoms with Crippen molar-refractivity contribution < 1.29 is 14.7 Å². The van der Waals surface area contributed by atoms with Crippen LogP contribution in [-0.4, -0.2) is 30.1 Å². The van der Waals surface area contributed by atoms with Gasteiger partial charge in [0.05, 0.1) is 12.0 Å². The van der Waals surface area contributed by atoms with E-state index in [0.29, 0.717) is 17.9 Å². The smallest absolute Gasteiger partial charge is 0.319 e. The number of amides is 2. The van der Waals surface area contributed by atoms with E-state index in [2.05, 4.69) is 26.6 Å². The molecule has 5 nitrogen and oxygen atoms in total. The lowest BCUT2D eigenvalue weighted by Gasteiger charge is -2.19. The molecule has 0 fully saturated rings. The SMILES string of the molecule is CSCC[C@H](NC(=O)Nc1cccc(Br)c1)C(=O)[O-]. The van der Waals surface area contributed by atoms with Gasteiger partial charge in [-0.2, -0.15) is 11.8 Å². The number of benzene rings is 1. The zero-order chi connectivity index (χ0) is 14.3. The molecule has 0 bridgehead atoms. The number of carboxylic acid groups (broad SMARTS) is 1. The number of rotatable bonds is 6. The number of hydrogen-bond donors (Lipinski definition) is 2. The molecule has 1 aromatic rings. The molecule has 2 N–H and O–H groups in total. The zero-order valence-electron chi connectivity index (χ0n) is 10.3. The van der Waals surface area contributed by atoms with E-state index in [-0.39, 0.29) is 0 Å². The highest BCUT2D eigenvalue weighted by atomic mass is 79.9. The summed E-state index contributed by atoms with van der Waals surface area (Å²) in [5.41, 5.74) is 0.578. The summed E-state index contributed by atoms with van der Waals surface area (Å²) in [6.45, 7) is 0. The summed E-state index contributed by atoms with van der Waals surface area (Å²) in [5, 5.41) is 15.8. The highest BCUT2D eigenvalue weighted by Gasteiger charge is 2.13.